The lowest BCUT2D eigenvalue weighted by Crippen LogP contribution is -2.11. The standard InChI is InChI=1S/C13H12N2O2S/c1-18-12-6-5-10(8-14-12)15-13(17)9-3-2-4-11(16)7-9/h2-8,16H,1H3,(H,15,17). The highest BCUT2D eigenvalue weighted by Gasteiger charge is 2.06. The molecule has 0 radical (unpaired) electrons. The van der Waals surface area contributed by atoms with Crippen molar-refractivity contribution in [2.75, 3.05) is 11.6 Å². The Balaban J connectivity index is 2.11. The molecule has 0 saturated carbocycles. The van der Waals surface area contributed by atoms with Crippen molar-refractivity contribution < 1.29 is 9.90 Å². The van der Waals surface area contributed by atoms with Crippen LogP contribution >= 0.6 is 11.8 Å². The Morgan fingerprint density at radius 3 is 2.78 bits per heavy atom. The van der Waals surface area contributed by atoms with E-state index < -0.39 is 0 Å². The molecule has 4 nitrogen and oxygen atoms in total. The predicted molar refractivity (Wildman–Crippen MR) is 72.1 cm³/mol. The van der Waals surface area contributed by atoms with E-state index in [0.29, 0.717) is 11.3 Å². The van der Waals surface area contributed by atoms with E-state index in [9.17, 15) is 9.90 Å². The summed E-state index contributed by atoms with van der Waals surface area (Å²) in [5.41, 5.74) is 1.03. The van der Waals surface area contributed by atoms with Gasteiger partial charge in [-0.1, -0.05) is 6.07 Å². The summed E-state index contributed by atoms with van der Waals surface area (Å²) in [7, 11) is 0. The number of hydrogen-bond donors (Lipinski definition) is 2. The molecule has 0 aliphatic heterocycles. The van der Waals surface area contributed by atoms with E-state index >= 15 is 0 Å². The normalized spacial score (nSPS) is 10.1. The molecule has 5 heteroatoms. The Kier molecular flexibility index (Phi) is 3.84. The molecule has 2 aromatic rings. The summed E-state index contributed by atoms with van der Waals surface area (Å²) in [6, 6.07) is 9.82. The molecular formula is C13H12N2O2S. The zero-order valence-corrected chi connectivity index (χ0v) is 10.6. The van der Waals surface area contributed by atoms with Crippen molar-refractivity contribution in [1.82, 2.24) is 4.98 Å². The van der Waals surface area contributed by atoms with Gasteiger partial charge in [-0.3, -0.25) is 4.79 Å². The average molecular weight is 260 g/mol. The average Bonchev–Trinajstić information content (AvgIpc) is 2.39. The maximum Gasteiger partial charge on any atom is 0.255 e. The van der Waals surface area contributed by atoms with Gasteiger partial charge < -0.3 is 10.4 Å². The molecule has 18 heavy (non-hydrogen) atoms. The van der Waals surface area contributed by atoms with Crippen molar-refractivity contribution in [2.45, 2.75) is 5.03 Å². The van der Waals surface area contributed by atoms with Gasteiger partial charge in [0.25, 0.3) is 5.91 Å². The number of carbonyl (C=O) groups excluding carboxylic acids is 1. The quantitative estimate of drug-likeness (QED) is 0.833. The molecule has 1 amide bonds. The van der Waals surface area contributed by atoms with Crippen molar-refractivity contribution in [3.05, 3.63) is 48.2 Å². The van der Waals surface area contributed by atoms with Gasteiger partial charge in [0.1, 0.15) is 5.75 Å². The summed E-state index contributed by atoms with van der Waals surface area (Å²) in [4.78, 5) is 16.0. The smallest absolute Gasteiger partial charge is 0.255 e. The fraction of sp³-hybridized carbons (Fsp3) is 0.0769. The summed E-state index contributed by atoms with van der Waals surface area (Å²) >= 11 is 1.54. The van der Waals surface area contributed by atoms with Crippen molar-refractivity contribution in [1.29, 1.82) is 0 Å². The van der Waals surface area contributed by atoms with Gasteiger partial charge in [0.05, 0.1) is 16.9 Å². The molecule has 0 saturated heterocycles. The summed E-state index contributed by atoms with van der Waals surface area (Å²) < 4.78 is 0. The third-order valence-electron chi connectivity index (χ3n) is 2.31. The predicted octanol–water partition coefficient (Wildman–Crippen LogP) is 2.76. The number of phenolic OH excluding ortho intramolecular Hbond substituents is 1. The van der Waals surface area contributed by atoms with E-state index in [1.807, 2.05) is 12.3 Å². The topological polar surface area (TPSA) is 62.2 Å². The van der Waals surface area contributed by atoms with Crippen LogP contribution in [0.15, 0.2) is 47.6 Å². The number of nitrogens with one attached hydrogen (secondary N) is 1. The van der Waals surface area contributed by atoms with Gasteiger partial charge in [0.15, 0.2) is 0 Å². The number of nitrogens with zero attached hydrogens (tertiary/aromatic N) is 1. The molecule has 1 aromatic carbocycles. The van der Waals surface area contributed by atoms with Gasteiger partial charge >= 0.3 is 0 Å². The number of amides is 1. The Morgan fingerprint density at radius 2 is 2.17 bits per heavy atom. The number of thioether (sulfide) groups is 1. The molecule has 1 aromatic heterocycles. The Labute approximate surface area is 109 Å². The number of rotatable bonds is 3. The Morgan fingerprint density at radius 1 is 1.33 bits per heavy atom. The number of pyridine rings is 1. The second-order valence-corrected chi connectivity index (χ2v) is 4.42. The highest BCUT2D eigenvalue weighted by molar-refractivity contribution is 7.98. The highest BCUT2D eigenvalue weighted by Crippen LogP contribution is 2.16. The van der Waals surface area contributed by atoms with Gasteiger partial charge in [-0.2, -0.15) is 0 Å². The van der Waals surface area contributed by atoms with Crippen molar-refractivity contribution in [3.8, 4) is 5.75 Å². The van der Waals surface area contributed by atoms with Gasteiger partial charge in [0.2, 0.25) is 0 Å². The van der Waals surface area contributed by atoms with E-state index in [2.05, 4.69) is 10.3 Å². The van der Waals surface area contributed by atoms with Crippen LogP contribution in [0.4, 0.5) is 5.69 Å². The molecule has 2 N–H and O–H groups in total. The number of benzene rings is 1. The number of hydrogen-bond acceptors (Lipinski definition) is 4. The van der Waals surface area contributed by atoms with E-state index in [4.69, 9.17) is 0 Å². The number of aromatic nitrogens is 1. The lowest BCUT2D eigenvalue weighted by molar-refractivity contribution is 0.102. The first-order chi connectivity index (χ1) is 8.69. The van der Waals surface area contributed by atoms with Crippen LogP contribution < -0.4 is 5.32 Å². The number of phenols is 1. The fourth-order valence-electron chi connectivity index (χ4n) is 1.43. The zero-order chi connectivity index (χ0) is 13.0. The first-order valence-electron chi connectivity index (χ1n) is 5.29. The second-order valence-electron chi connectivity index (χ2n) is 3.59. The van der Waals surface area contributed by atoms with Gasteiger partial charge in [0, 0.05) is 5.56 Å². The Bertz CT molecular complexity index is 555. The second kappa shape index (κ2) is 5.55. The molecule has 92 valence electrons. The molecule has 1 heterocycles. The Hall–Kier alpha value is -2.01. The van der Waals surface area contributed by atoms with Crippen molar-refractivity contribution in [2.24, 2.45) is 0 Å². The summed E-state index contributed by atoms with van der Waals surface area (Å²) in [5, 5.41) is 12.9. The summed E-state index contributed by atoms with van der Waals surface area (Å²) in [6.07, 6.45) is 3.54. The van der Waals surface area contributed by atoms with E-state index in [1.165, 1.54) is 23.9 Å². The molecule has 2 rings (SSSR count). The lowest BCUT2D eigenvalue weighted by atomic mass is 10.2. The minimum atomic E-state index is -0.274. The van der Waals surface area contributed by atoms with Crippen LogP contribution in [0.2, 0.25) is 0 Å². The van der Waals surface area contributed by atoms with E-state index in [0.717, 1.165) is 5.03 Å². The van der Waals surface area contributed by atoms with Crippen LogP contribution in [-0.4, -0.2) is 22.3 Å². The van der Waals surface area contributed by atoms with Gasteiger partial charge in [-0.15, -0.1) is 11.8 Å². The molecular weight excluding hydrogens is 248 g/mol. The van der Waals surface area contributed by atoms with Crippen molar-refractivity contribution in [3.63, 3.8) is 0 Å². The van der Waals surface area contributed by atoms with Gasteiger partial charge in [-0.05, 0) is 36.6 Å². The van der Waals surface area contributed by atoms with Crippen LogP contribution in [0.5, 0.6) is 5.75 Å². The maximum absolute atomic E-state index is 11.9. The summed E-state index contributed by atoms with van der Waals surface area (Å²) in [5.74, 6) is -0.205. The molecule has 0 aliphatic rings. The monoisotopic (exact) mass is 260 g/mol. The molecule has 0 aliphatic carbocycles. The SMILES string of the molecule is CSc1ccc(NC(=O)c2cccc(O)c2)cn1. The van der Waals surface area contributed by atoms with Crippen LogP contribution in [0.25, 0.3) is 0 Å². The number of anilines is 1. The maximum atomic E-state index is 11.9. The van der Waals surface area contributed by atoms with E-state index in [-0.39, 0.29) is 11.7 Å². The first kappa shape index (κ1) is 12.4. The molecule has 0 bridgehead atoms. The highest BCUT2D eigenvalue weighted by atomic mass is 32.2. The third kappa shape index (κ3) is 3.01. The zero-order valence-electron chi connectivity index (χ0n) is 9.75. The van der Waals surface area contributed by atoms with Crippen molar-refractivity contribution >= 4 is 23.4 Å². The van der Waals surface area contributed by atoms with Gasteiger partial charge in [-0.25, -0.2) is 4.98 Å². The number of carbonyl (C=O) groups is 1. The summed E-state index contributed by atoms with van der Waals surface area (Å²) in [6.45, 7) is 0. The fourth-order valence-corrected chi connectivity index (χ4v) is 1.79. The van der Waals surface area contributed by atoms with E-state index in [1.54, 1.807) is 24.4 Å². The molecule has 0 fully saturated rings. The third-order valence-corrected chi connectivity index (χ3v) is 2.97. The van der Waals surface area contributed by atoms with Crippen LogP contribution in [0.3, 0.4) is 0 Å². The minimum Gasteiger partial charge on any atom is -0.508 e. The molecule has 0 unspecified atom stereocenters. The molecule has 0 atom stereocenters. The number of aromatic hydroxyl groups is 1. The van der Waals surface area contributed by atoms with Crippen LogP contribution in [0, 0.1) is 0 Å². The van der Waals surface area contributed by atoms with Crippen LogP contribution in [0.1, 0.15) is 10.4 Å². The largest absolute Gasteiger partial charge is 0.508 e. The lowest BCUT2D eigenvalue weighted by Gasteiger charge is -2.05. The minimum absolute atomic E-state index is 0.0681. The first-order valence-corrected chi connectivity index (χ1v) is 6.52. The van der Waals surface area contributed by atoms with Crippen LogP contribution in [-0.2, 0) is 0 Å². The molecule has 0 spiro atoms.